The molecular weight excluding hydrogens is 447 g/mol. The van der Waals surface area contributed by atoms with E-state index in [0.29, 0.717) is 35.2 Å². The number of nitrogens with zero attached hydrogens (tertiary/aromatic N) is 5. The van der Waals surface area contributed by atoms with Gasteiger partial charge in [-0.3, -0.25) is 9.69 Å². The first kappa shape index (κ1) is 23.2. The van der Waals surface area contributed by atoms with Crippen LogP contribution in [-0.2, 0) is 6.54 Å². The van der Waals surface area contributed by atoms with Crippen LogP contribution in [0.15, 0.2) is 53.3 Å². The number of aromatic nitrogens is 5. The van der Waals surface area contributed by atoms with E-state index in [4.69, 9.17) is 4.74 Å². The van der Waals surface area contributed by atoms with Gasteiger partial charge < -0.3 is 9.72 Å². The van der Waals surface area contributed by atoms with Gasteiger partial charge in [-0.15, -0.1) is 5.10 Å². The molecule has 1 saturated carbocycles. The van der Waals surface area contributed by atoms with Crippen LogP contribution in [0, 0.1) is 5.82 Å². The van der Waals surface area contributed by atoms with Crippen LogP contribution in [0.2, 0.25) is 0 Å². The summed E-state index contributed by atoms with van der Waals surface area (Å²) in [7, 11) is 3.65. The van der Waals surface area contributed by atoms with Crippen LogP contribution in [0.4, 0.5) is 4.39 Å². The fraction of sp³-hybridized carbons (Fsp3) is 0.385. The number of methoxy groups -OCH3 is 1. The Morgan fingerprint density at radius 1 is 1.14 bits per heavy atom. The number of benzene rings is 2. The molecule has 1 aliphatic carbocycles. The molecule has 182 valence electrons. The van der Waals surface area contributed by atoms with Gasteiger partial charge in [-0.05, 0) is 71.6 Å². The van der Waals surface area contributed by atoms with Gasteiger partial charge in [-0.25, -0.2) is 9.07 Å². The summed E-state index contributed by atoms with van der Waals surface area (Å²) in [4.78, 5) is 18.7. The molecule has 0 bridgehead atoms. The van der Waals surface area contributed by atoms with Gasteiger partial charge in [-0.2, -0.15) is 0 Å². The maximum absolute atomic E-state index is 13.4. The first-order valence-electron chi connectivity index (χ1n) is 12.0. The van der Waals surface area contributed by atoms with E-state index in [0.717, 1.165) is 36.6 Å². The lowest BCUT2D eigenvalue weighted by Gasteiger charge is -2.36. The molecule has 9 heteroatoms. The van der Waals surface area contributed by atoms with Crippen LogP contribution in [0.5, 0.6) is 5.75 Å². The molecule has 5 rings (SSSR count). The minimum Gasteiger partial charge on any atom is -0.497 e. The Morgan fingerprint density at radius 2 is 1.91 bits per heavy atom. The summed E-state index contributed by atoms with van der Waals surface area (Å²) < 4.78 is 20.4. The molecule has 0 amide bonds. The molecule has 0 saturated heterocycles. The number of hydrogen-bond donors (Lipinski definition) is 1. The fourth-order valence-electron chi connectivity index (χ4n) is 5.05. The SMILES string of the molecule is COc1ccc2cc(C(c3nnnn3Cc3ccc(F)cc3)N(C)C3CCCCC3)c(=O)[nH]c2c1. The Hall–Kier alpha value is -3.59. The number of hydrogen-bond acceptors (Lipinski definition) is 6. The number of ether oxygens (including phenoxy) is 1. The third-order valence-electron chi connectivity index (χ3n) is 6.98. The Kier molecular flexibility index (Phi) is 6.59. The zero-order valence-corrected chi connectivity index (χ0v) is 19.9. The van der Waals surface area contributed by atoms with Gasteiger partial charge in [0.25, 0.3) is 5.56 Å². The van der Waals surface area contributed by atoms with E-state index in [1.165, 1.54) is 18.6 Å². The Balaban J connectivity index is 1.60. The van der Waals surface area contributed by atoms with Crippen molar-refractivity contribution in [1.29, 1.82) is 0 Å². The van der Waals surface area contributed by atoms with Crippen LogP contribution in [0.3, 0.4) is 0 Å². The lowest BCUT2D eigenvalue weighted by Crippen LogP contribution is -2.40. The van der Waals surface area contributed by atoms with Crippen molar-refractivity contribution < 1.29 is 9.13 Å². The molecule has 2 aromatic carbocycles. The van der Waals surface area contributed by atoms with Crippen molar-refractivity contribution in [2.24, 2.45) is 0 Å². The number of H-pyrrole nitrogens is 1. The summed E-state index contributed by atoms with van der Waals surface area (Å²) in [6, 6.07) is 13.7. The molecule has 1 atom stereocenters. The van der Waals surface area contributed by atoms with Gasteiger partial charge in [0.2, 0.25) is 0 Å². The molecule has 0 spiro atoms. The minimum atomic E-state index is -0.441. The zero-order chi connectivity index (χ0) is 24.4. The maximum Gasteiger partial charge on any atom is 0.253 e. The third-order valence-corrected chi connectivity index (χ3v) is 6.98. The maximum atomic E-state index is 13.4. The van der Waals surface area contributed by atoms with Crippen molar-refractivity contribution in [1.82, 2.24) is 30.1 Å². The molecular formula is C26H29FN6O2. The van der Waals surface area contributed by atoms with Crippen molar-refractivity contribution in [3.8, 4) is 5.75 Å². The van der Waals surface area contributed by atoms with Gasteiger partial charge in [0.1, 0.15) is 17.6 Å². The standard InChI is InChI=1S/C26H29FN6O2/c1-32(20-6-4-3-5-7-20)24(22-14-18-10-13-21(35-2)15-23(18)28-26(22)34)25-29-30-31-33(25)16-17-8-11-19(27)12-9-17/h8-15,20,24H,3-7,16H2,1-2H3,(H,28,34). The summed E-state index contributed by atoms with van der Waals surface area (Å²) in [6.07, 6.45) is 5.69. The molecule has 0 radical (unpaired) electrons. The molecule has 0 aliphatic heterocycles. The fourth-order valence-corrected chi connectivity index (χ4v) is 5.05. The normalized spacial score (nSPS) is 15.5. The van der Waals surface area contributed by atoms with Crippen molar-refractivity contribution in [2.75, 3.05) is 14.2 Å². The monoisotopic (exact) mass is 476 g/mol. The summed E-state index contributed by atoms with van der Waals surface area (Å²) in [6.45, 7) is 0.375. The van der Waals surface area contributed by atoms with E-state index < -0.39 is 6.04 Å². The average molecular weight is 477 g/mol. The van der Waals surface area contributed by atoms with Crippen LogP contribution in [-0.4, -0.2) is 50.3 Å². The van der Waals surface area contributed by atoms with E-state index in [-0.39, 0.29) is 11.4 Å². The molecule has 1 aliphatic rings. The largest absolute Gasteiger partial charge is 0.497 e. The second-order valence-corrected chi connectivity index (χ2v) is 9.19. The summed E-state index contributed by atoms with van der Waals surface area (Å²) in [5.41, 5.74) is 1.99. The predicted octanol–water partition coefficient (Wildman–Crippen LogP) is 4.06. The zero-order valence-electron chi connectivity index (χ0n) is 19.9. The Bertz CT molecular complexity index is 1360. The predicted molar refractivity (Wildman–Crippen MR) is 131 cm³/mol. The smallest absolute Gasteiger partial charge is 0.253 e. The lowest BCUT2D eigenvalue weighted by atomic mass is 9.92. The summed E-state index contributed by atoms with van der Waals surface area (Å²) in [5, 5.41) is 13.5. The average Bonchev–Trinajstić information content (AvgIpc) is 3.33. The van der Waals surface area contributed by atoms with Gasteiger partial charge in [0, 0.05) is 17.7 Å². The van der Waals surface area contributed by atoms with E-state index >= 15 is 0 Å². The molecule has 8 nitrogen and oxygen atoms in total. The van der Waals surface area contributed by atoms with Gasteiger partial charge in [-0.1, -0.05) is 31.4 Å². The quantitative estimate of drug-likeness (QED) is 0.433. The van der Waals surface area contributed by atoms with Gasteiger partial charge in [0.15, 0.2) is 5.82 Å². The highest BCUT2D eigenvalue weighted by Crippen LogP contribution is 2.32. The van der Waals surface area contributed by atoms with E-state index in [1.54, 1.807) is 23.9 Å². The van der Waals surface area contributed by atoms with E-state index in [9.17, 15) is 9.18 Å². The summed E-state index contributed by atoms with van der Waals surface area (Å²) in [5.74, 6) is 0.973. The second-order valence-electron chi connectivity index (χ2n) is 9.19. The molecule has 1 unspecified atom stereocenters. The van der Waals surface area contributed by atoms with Crippen molar-refractivity contribution in [2.45, 2.75) is 50.7 Å². The highest BCUT2D eigenvalue weighted by atomic mass is 19.1. The molecule has 35 heavy (non-hydrogen) atoms. The molecule has 2 aromatic heterocycles. The van der Waals surface area contributed by atoms with Crippen molar-refractivity contribution in [3.05, 3.63) is 81.7 Å². The van der Waals surface area contributed by atoms with Crippen LogP contribution >= 0.6 is 0 Å². The highest BCUT2D eigenvalue weighted by Gasteiger charge is 2.33. The first-order chi connectivity index (χ1) is 17.0. The topological polar surface area (TPSA) is 88.9 Å². The van der Waals surface area contributed by atoms with Crippen LogP contribution < -0.4 is 10.3 Å². The number of nitrogens with one attached hydrogen (secondary N) is 1. The second kappa shape index (κ2) is 9.95. The number of aromatic amines is 1. The highest BCUT2D eigenvalue weighted by molar-refractivity contribution is 5.80. The van der Waals surface area contributed by atoms with E-state index in [2.05, 4.69) is 32.5 Å². The van der Waals surface area contributed by atoms with Crippen LogP contribution in [0.25, 0.3) is 10.9 Å². The molecule has 4 aromatic rings. The number of halogens is 1. The molecule has 1 fully saturated rings. The van der Waals surface area contributed by atoms with E-state index in [1.807, 2.05) is 24.3 Å². The third kappa shape index (κ3) is 4.81. The lowest BCUT2D eigenvalue weighted by molar-refractivity contribution is 0.149. The number of fused-ring (bicyclic) bond motifs is 1. The number of rotatable bonds is 7. The molecule has 1 N–H and O–H groups in total. The molecule has 2 heterocycles. The van der Waals surface area contributed by atoms with Crippen molar-refractivity contribution >= 4 is 10.9 Å². The number of tetrazole rings is 1. The minimum absolute atomic E-state index is 0.185. The first-order valence-corrected chi connectivity index (χ1v) is 12.0. The Labute approximate surface area is 202 Å². The van der Waals surface area contributed by atoms with Crippen LogP contribution in [0.1, 0.15) is 55.1 Å². The van der Waals surface area contributed by atoms with Crippen molar-refractivity contribution in [3.63, 3.8) is 0 Å². The van der Waals surface area contributed by atoms with Gasteiger partial charge >= 0.3 is 0 Å². The number of pyridine rings is 1. The summed E-state index contributed by atoms with van der Waals surface area (Å²) >= 11 is 0. The Morgan fingerprint density at radius 3 is 2.66 bits per heavy atom. The van der Waals surface area contributed by atoms with Gasteiger partial charge in [0.05, 0.1) is 19.2 Å².